The van der Waals surface area contributed by atoms with E-state index in [0.29, 0.717) is 11.4 Å². The van der Waals surface area contributed by atoms with Crippen molar-refractivity contribution in [1.29, 1.82) is 0 Å². The maximum absolute atomic E-state index is 13.3. The highest BCUT2D eigenvalue weighted by Crippen LogP contribution is 2.31. The van der Waals surface area contributed by atoms with E-state index in [1.165, 1.54) is 17.0 Å². The summed E-state index contributed by atoms with van der Waals surface area (Å²) in [7, 11) is 0. The van der Waals surface area contributed by atoms with Crippen LogP contribution in [0.5, 0.6) is 0 Å². The standard InChI is InChI=1S/C15H14FN3S/c1-2-12-6-7-14(20-12)15-13(17)9-19(18-15)11-5-3-4-10(16)8-11/h3-9H,2,17H2,1H3. The van der Waals surface area contributed by atoms with Crippen molar-refractivity contribution >= 4 is 17.0 Å². The van der Waals surface area contributed by atoms with Crippen molar-refractivity contribution < 1.29 is 4.39 Å². The summed E-state index contributed by atoms with van der Waals surface area (Å²) in [4.78, 5) is 2.33. The average Bonchev–Trinajstić information content (AvgIpc) is 3.04. The lowest BCUT2D eigenvalue weighted by Crippen LogP contribution is -1.95. The first-order valence-corrected chi connectivity index (χ1v) is 7.19. The SMILES string of the molecule is CCc1ccc(-c2nn(-c3cccc(F)c3)cc2N)s1. The van der Waals surface area contributed by atoms with Crippen LogP contribution in [0.1, 0.15) is 11.8 Å². The minimum absolute atomic E-state index is 0.289. The van der Waals surface area contributed by atoms with E-state index in [0.717, 1.165) is 17.0 Å². The Hall–Kier alpha value is -2.14. The largest absolute Gasteiger partial charge is 0.396 e. The zero-order chi connectivity index (χ0) is 14.1. The Bertz CT molecular complexity index is 745. The van der Waals surface area contributed by atoms with E-state index in [9.17, 15) is 4.39 Å². The molecule has 2 N–H and O–H groups in total. The first-order chi connectivity index (χ1) is 9.67. The molecule has 2 heterocycles. The number of aryl methyl sites for hydroxylation is 1. The molecule has 3 nitrogen and oxygen atoms in total. The predicted molar refractivity (Wildman–Crippen MR) is 80.6 cm³/mol. The minimum Gasteiger partial charge on any atom is -0.396 e. The quantitative estimate of drug-likeness (QED) is 0.794. The topological polar surface area (TPSA) is 43.8 Å². The summed E-state index contributed by atoms with van der Waals surface area (Å²) in [6.45, 7) is 2.12. The Morgan fingerprint density at radius 1 is 1.30 bits per heavy atom. The molecule has 20 heavy (non-hydrogen) atoms. The van der Waals surface area contributed by atoms with Crippen LogP contribution in [0.2, 0.25) is 0 Å². The normalized spacial score (nSPS) is 10.9. The number of nitrogens with two attached hydrogens (primary N) is 1. The summed E-state index contributed by atoms with van der Waals surface area (Å²) in [6, 6.07) is 10.4. The zero-order valence-corrected chi connectivity index (χ0v) is 11.8. The van der Waals surface area contributed by atoms with E-state index in [-0.39, 0.29) is 5.82 Å². The Morgan fingerprint density at radius 2 is 2.15 bits per heavy atom. The molecule has 0 saturated heterocycles. The second-order valence-corrected chi connectivity index (χ2v) is 5.65. The Kier molecular flexibility index (Phi) is 3.28. The smallest absolute Gasteiger partial charge is 0.126 e. The lowest BCUT2D eigenvalue weighted by atomic mass is 10.3. The second-order valence-electron chi connectivity index (χ2n) is 4.48. The van der Waals surface area contributed by atoms with Gasteiger partial charge in [0.05, 0.1) is 22.4 Å². The van der Waals surface area contributed by atoms with Gasteiger partial charge in [-0.05, 0) is 36.8 Å². The number of aromatic nitrogens is 2. The van der Waals surface area contributed by atoms with Crippen molar-refractivity contribution in [3.05, 3.63) is 53.3 Å². The van der Waals surface area contributed by atoms with Crippen molar-refractivity contribution in [1.82, 2.24) is 9.78 Å². The summed E-state index contributed by atoms with van der Waals surface area (Å²) in [5, 5.41) is 4.47. The van der Waals surface area contributed by atoms with Gasteiger partial charge < -0.3 is 5.73 Å². The average molecular weight is 287 g/mol. The first-order valence-electron chi connectivity index (χ1n) is 6.37. The summed E-state index contributed by atoms with van der Waals surface area (Å²) in [6.07, 6.45) is 2.71. The number of benzene rings is 1. The number of hydrogen-bond acceptors (Lipinski definition) is 3. The molecule has 0 amide bonds. The van der Waals surface area contributed by atoms with Gasteiger partial charge in [0.15, 0.2) is 0 Å². The van der Waals surface area contributed by atoms with Crippen molar-refractivity contribution in [3.63, 3.8) is 0 Å². The van der Waals surface area contributed by atoms with Gasteiger partial charge in [-0.3, -0.25) is 0 Å². The van der Waals surface area contributed by atoms with Gasteiger partial charge in [-0.25, -0.2) is 9.07 Å². The molecule has 0 aliphatic carbocycles. The van der Waals surface area contributed by atoms with Crippen molar-refractivity contribution in [2.75, 3.05) is 5.73 Å². The number of anilines is 1. The predicted octanol–water partition coefficient (Wildman–Crippen LogP) is 3.88. The number of rotatable bonds is 3. The zero-order valence-electron chi connectivity index (χ0n) is 11.0. The molecule has 3 rings (SSSR count). The van der Waals surface area contributed by atoms with Crippen LogP contribution in [-0.4, -0.2) is 9.78 Å². The van der Waals surface area contributed by atoms with Gasteiger partial charge in [-0.2, -0.15) is 5.10 Å². The second kappa shape index (κ2) is 5.09. The maximum Gasteiger partial charge on any atom is 0.126 e. The molecular weight excluding hydrogens is 273 g/mol. The van der Waals surface area contributed by atoms with Crippen LogP contribution in [0.3, 0.4) is 0 Å². The maximum atomic E-state index is 13.3. The summed E-state index contributed by atoms with van der Waals surface area (Å²) in [5.74, 6) is -0.289. The highest BCUT2D eigenvalue weighted by molar-refractivity contribution is 7.15. The third-order valence-corrected chi connectivity index (χ3v) is 4.30. The van der Waals surface area contributed by atoms with Crippen LogP contribution in [-0.2, 0) is 6.42 Å². The van der Waals surface area contributed by atoms with Crippen LogP contribution in [0.25, 0.3) is 16.3 Å². The van der Waals surface area contributed by atoms with E-state index in [2.05, 4.69) is 18.1 Å². The number of halogens is 1. The van der Waals surface area contributed by atoms with Crippen LogP contribution < -0.4 is 5.73 Å². The summed E-state index contributed by atoms with van der Waals surface area (Å²) in [5.41, 5.74) is 8.04. The van der Waals surface area contributed by atoms with Gasteiger partial charge >= 0.3 is 0 Å². The van der Waals surface area contributed by atoms with E-state index < -0.39 is 0 Å². The molecule has 0 unspecified atom stereocenters. The van der Waals surface area contributed by atoms with Gasteiger partial charge in [-0.15, -0.1) is 11.3 Å². The van der Waals surface area contributed by atoms with Gasteiger partial charge in [0.2, 0.25) is 0 Å². The fourth-order valence-corrected chi connectivity index (χ4v) is 2.98. The Morgan fingerprint density at radius 3 is 2.85 bits per heavy atom. The van der Waals surface area contributed by atoms with E-state index in [4.69, 9.17) is 5.73 Å². The highest BCUT2D eigenvalue weighted by atomic mass is 32.1. The van der Waals surface area contributed by atoms with E-state index in [1.807, 2.05) is 6.07 Å². The number of thiophene rings is 1. The third kappa shape index (κ3) is 2.32. The van der Waals surface area contributed by atoms with Crippen molar-refractivity contribution in [3.8, 4) is 16.3 Å². The third-order valence-electron chi connectivity index (χ3n) is 3.06. The number of nitrogens with zero attached hydrogens (tertiary/aromatic N) is 2. The number of nitrogen functional groups attached to an aromatic ring is 1. The van der Waals surface area contributed by atoms with Crippen LogP contribution in [0.4, 0.5) is 10.1 Å². The van der Waals surface area contributed by atoms with Crippen molar-refractivity contribution in [2.24, 2.45) is 0 Å². The molecule has 0 atom stereocenters. The van der Waals surface area contributed by atoms with Gasteiger partial charge in [-0.1, -0.05) is 13.0 Å². The monoisotopic (exact) mass is 287 g/mol. The molecule has 0 radical (unpaired) electrons. The first kappa shape index (κ1) is 12.9. The molecule has 5 heteroatoms. The fraction of sp³-hybridized carbons (Fsp3) is 0.133. The summed E-state index contributed by atoms with van der Waals surface area (Å²) < 4.78 is 14.9. The number of hydrogen-bond donors (Lipinski definition) is 1. The lowest BCUT2D eigenvalue weighted by molar-refractivity contribution is 0.625. The molecule has 0 saturated carbocycles. The van der Waals surface area contributed by atoms with Gasteiger partial charge in [0, 0.05) is 4.88 Å². The minimum atomic E-state index is -0.289. The molecule has 0 aliphatic heterocycles. The lowest BCUT2D eigenvalue weighted by Gasteiger charge is -2.00. The van der Waals surface area contributed by atoms with Crippen LogP contribution in [0, 0.1) is 5.82 Å². The molecule has 102 valence electrons. The van der Waals surface area contributed by atoms with E-state index in [1.54, 1.807) is 34.3 Å². The fourth-order valence-electron chi connectivity index (χ4n) is 2.02. The Labute approximate surface area is 120 Å². The molecule has 0 spiro atoms. The molecule has 0 aliphatic rings. The van der Waals surface area contributed by atoms with E-state index >= 15 is 0 Å². The molecule has 3 aromatic rings. The molecule has 0 fully saturated rings. The molecule has 2 aromatic heterocycles. The van der Waals surface area contributed by atoms with Crippen molar-refractivity contribution in [2.45, 2.75) is 13.3 Å². The van der Waals surface area contributed by atoms with Crippen LogP contribution in [0.15, 0.2) is 42.6 Å². The molecular formula is C15H14FN3S. The van der Waals surface area contributed by atoms with Gasteiger partial charge in [0.1, 0.15) is 11.5 Å². The van der Waals surface area contributed by atoms with Gasteiger partial charge in [0.25, 0.3) is 0 Å². The van der Waals surface area contributed by atoms with Crippen LogP contribution >= 0.6 is 11.3 Å². The highest BCUT2D eigenvalue weighted by Gasteiger charge is 2.12. The Balaban J connectivity index is 2.02. The summed E-state index contributed by atoms with van der Waals surface area (Å²) >= 11 is 1.68. The molecule has 1 aromatic carbocycles. The molecule has 0 bridgehead atoms.